The molecule has 1 atom stereocenters. The highest BCUT2D eigenvalue weighted by Gasteiger charge is 2.56. The Bertz CT molecular complexity index is 433. The average molecular weight is 231 g/mol. The second-order valence-corrected chi connectivity index (χ2v) is 3.38. The molecular weight excluding hydrogens is 223 g/mol. The van der Waals surface area contributed by atoms with E-state index in [9.17, 15) is 13.2 Å². The van der Waals surface area contributed by atoms with Crippen molar-refractivity contribution in [3.8, 4) is 0 Å². The minimum absolute atomic E-state index is 0.0877. The van der Waals surface area contributed by atoms with Crippen LogP contribution in [-0.2, 0) is 5.54 Å². The fraction of sp³-hybridized carbons (Fsp3) is 0.375. The maximum Gasteiger partial charge on any atom is 0.417 e. The predicted molar refractivity (Wildman–Crippen MR) is 49.4 cm³/mol. The van der Waals surface area contributed by atoms with Crippen molar-refractivity contribution >= 4 is 5.84 Å². The highest BCUT2D eigenvalue weighted by atomic mass is 19.4. The standard InChI is InChI=1S/C8H8F3N5/c9-8(10,11)7(16-4-3-14-15-16)1-2-13-6(12)5-7/h1-4H,5H2,(H2,12,13). The normalized spacial score (nSPS) is 25.6. The van der Waals surface area contributed by atoms with Gasteiger partial charge in [0.2, 0.25) is 0 Å². The fourth-order valence-corrected chi connectivity index (χ4v) is 1.54. The lowest BCUT2D eigenvalue weighted by Gasteiger charge is -2.33. The summed E-state index contributed by atoms with van der Waals surface area (Å²) >= 11 is 0. The summed E-state index contributed by atoms with van der Waals surface area (Å²) in [6.45, 7) is 0. The number of hydrogen-bond donors (Lipinski definition) is 1. The van der Waals surface area contributed by atoms with Crippen LogP contribution in [0.25, 0.3) is 0 Å². The van der Waals surface area contributed by atoms with Gasteiger partial charge in [0.05, 0.1) is 6.20 Å². The molecule has 16 heavy (non-hydrogen) atoms. The van der Waals surface area contributed by atoms with Gasteiger partial charge in [0.1, 0.15) is 5.84 Å². The summed E-state index contributed by atoms with van der Waals surface area (Å²) in [4.78, 5) is 3.60. The molecule has 0 saturated heterocycles. The van der Waals surface area contributed by atoms with E-state index >= 15 is 0 Å². The largest absolute Gasteiger partial charge is 0.417 e. The van der Waals surface area contributed by atoms with Crippen LogP contribution in [0, 0.1) is 0 Å². The van der Waals surface area contributed by atoms with Crippen molar-refractivity contribution in [2.45, 2.75) is 18.1 Å². The molecule has 1 aromatic heterocycles. The third kappa shape index (κ3) is 1.46. The topological polar surface area (TPSA) is 69.1 Å². The van der Waals surface area contributed by atoms with E-state index in [0.717, 1.165) is 23.2 Å². The van der Waals surface area contributed by atoms with Gasteiger partial charge in [0.25, 0.3) is 0 Å². The number of amidine groups is 1. The lowest BCUT2D eigenvalue weighted by Crippen LogP contribution is -2.50. The number of halogens is 3. The fourth-order valence-electron chi connectivity index (χ4n) is 1.54. The molecule has 0 radical (unpaired) electrons. The second kappa shape index (κ2) is 3.32. The first-order valence-electron chi connectivity index (χ1n) is 4.39. The van der Waals surface area contributed by atoms with Crippen molar-refractivity contribution in [2.75, 3.05) is 0 Å². The molecule has 0 bridgehead atoms. The van der Waals surface area contributed by atoms with Gasteiger partial charge in [-0.05, 0) is 6.08 Å². The Hall–Kier alpha value is -1.86. The lowest BCUT2D eigenvalue weighted by molar-refractivity contribution is -0.199. The summed E-state index contributed by atoms with van der Waals surface area (Å²) in [5.41, 5.74) is 3.07. The van der Waals surface area contributed by atoms with Gasteiger partial charge in [-0.15, -0.1) is 5.10 Å². The second-order valence-electron chi connectivity index (χ2n) is 3.38. The summed E-state index contributed by atoms with van der Waals surface area (Å²) < 4.78 is 40.0. The Morgan fingerprint density at radius 3 is 2.69 bits per heavy atom. The van der Waals surface area contributed by atoms with E-state index in [-0.39, 0.29) is 5.84 Å². The van der Waals surface area contributed by atoms with Gasteiger partial charge >= 0.3 is 6.18 Å². The van der Waals surface area contributed by atoms with Crippen molar-refractivity contribution in [1.29, 1.82) is 0 Å². The van der Waals surface area contributed by atoms with E-state index in [0.29, 0.717) is 0 Å². The van der Waals surface area contributed by atoms with Gasteiger partial charge in [-0.3, -0.25) is 0 Å². The SMILES string of the molecule is NC1=NC=CC(n2ccnn2)(C(F)(F)F)C1. The monoisotopic (exact) mass is 231 g/mol. The molecule has 0 aromatic carbocycles. The molecule has 1 unspecified atom stereocenters. The predicted octanol–water partition coefficient (Wildman–Crippen LogP) is 0.810. The maximum absolute atomic E-state index is 13.1. The molecule has 1 aliphatic heterocycles. The highest BCUT2D eigenvalue weighted by Crippen LogP contribution is 2.41. The Balaban J connectivity index is 2.52. The quantitative estimate of drug-likeness (QED) is 0.777. The molecule has 5 nitrogen and oxygen atoms in total. The molecule has 1 aromatic rings. The average Bonchev–Trinajstić information content (AvgIpc) is 2.68. The van der Waals surface area contributed by atoms with Crippen LogP contribution in [0.1, 0.15) is 6.42 Å². The number of rotatable bonds is 1. The van der Waals surface area contributed by atoms with E-state index in [2.05, 4.69) is 15.3 Å². The summed E-state index contributed by atoms with van der Waals surface area (Å²) in [7, 11) is 0. The minimum Gasteiger partial charge on any atom is -0.387 e. The van der Waals surface area contributed by atoms with Crippen molar-refractivity contribution in [3.05, 3.63) is 24.7 Å². The summed E-state index contributed by atoms with van der Waals surface area (Å²) in [6, 6.07) is 0. The Morgan fingerprint density at radius 1 is 1.44 bits per heavy atom. The Labute approximate surface area is 88.5 Å². The molecule has 0 spiro atoms. The van der Waals surface area contributed by atoms with E-state index in [1.165, 1.54) is 6.20 Å². The first-order chi connectivity index (χ1) is 7.46. The van der Waals surface area contributed by atoms with E-state index in [1.807, 2.05) is 0 Å². The molecule has 2 rings (SSSR count). The zero-order valence-electron chi connectivity index (χ0n) is 8.02. The van der Waals surface area contributed by atoms with Crippen LogP contribution in [0.4, 0.5) is 13.2 Å². The number of aliphatic imine (C=N–C) groups is 1. The van der Waals surface area contributed by atoms with E-state index in [1.54, 1.807) is 0 Å². The molecule has 8 heteroatoms. The zero-order chi connectivity index (χ0) is 11.8. The first kappa shape index (κ1) is 10.7. The highest BCUT2D eigenvalue weighted by molar-refractivity contribution is 5.83. The van der Waals surface area contributed by atoms with Gasteiger partial charge < -0.3 is 5.73 Å². The van der Waals surface area contributed by atoms with Gasteiger partial charge in [0, 0.05) is 18.8 Å². The molecule has 2 heterocycles. The van der Waals surface area contributed by atoms with Gasteiger partial charge in [-0.2, -0.15) is 13.2 Å². The van der Waals surface area contributed by atoms with Crippen LogP contribution in [0.15, 0.2) is 29.7 Å². The van der Waals surface area contributed by atoms with Crippen LogP contribution in [-0.4, -0.2) is 27.0 Å². The van der Waals surface area contributed by atoms with Crippen LogP contribution in [0.2, 0.25) is 0 Å². The summed E-state index contributed by atoms with van der Waals surface area (Å²) in [5.74, 6) is -0.0877. The van der Waals surface area contributed by atoms with Gasteiger partial charge in [0.15, 0.2) is 5.54 Å². The summed E-state index contributed by atoms with van der Waals surface area (Å²) in [5, 5.41) is 6.78. The van der Waals surface area contributed by atoms with Crippen molar-refractivity contribution in [3.63, 3.8) is 0 Å². The van der Waals surface area contributed by atoms with Crippen molar-refractivity contribution < 1.29 is 13.2 Å². The van der Waals surface area contributed by atoms with Crippen LogP contribution in [0.5, 0.6) is 0 Å². The van der Waals surface area contributed by atoms with Gasteiger partial charge in [-0.25, -0.2) is 9.67 Å². The third-order valence-corrected chi connectivity index (χ3v) is 2.36. The minimum atomic E-state index is -4.52. The number of hydrogen-bond acceptors (Lipinski definition) is 4. The van der Waals surface area contributed by atoms with E-state index in [4.69, 9.17) is 5.73 Å². The van der Waals surface area contributed by atoms with Crippen LogP contribution in [0.3, 0.4) is 0 Å². The first-order valence-corrected chi connectivity index (χ1v) is 4.39. The molecule has 0 fully saturated rings. The number of alkyl halides is 3. The van der Waals surface area contributed by atoms with Crippen molar-refractivity contribution in [1.82, 2.24) is 15.0 Å². The number of nitrogens with two attached hydrogens (primary N) is 1. The number of allylic oxidation sites excluding steroid dienone is 1. The van der Waals surface area contributed by atoms with Crippen LogP contribution < -0.4 is 5.73 Å². The Morgan fingerprint density at radius 2 is 2.19 bits per heavy atom. The zero-order valence-corrected chi connectivity index (χ0v) is 8.02. The molecule has 0 amide bonds. The third-order valence-electron chi connectivity index (χ3n) is 2.36. The van der Waals surface area contributed by atoms with E-state index < -0.39 is 18.1 Å². The smallest absolute Gasteiger partial charge is 0.387 e. The molecular formula is C8H8F3N5. The molecule has 0 saturated carbocycles. The van der Waals surface area contributed by atoms with Gasteiger partial charge in [-0.1, -0.05) is 5.21 Å². The maximum atomic E-state index is 13.1. The van der Waals surface area contributed by atoms with Crippen LogP contribution >= 0.6 is 0 Å². The molecule has 86 valence electrons. The summed E-state index contributed by atoms with van der Waals surface area (Å²) in [6.07, 6.45) is -0.681. The lowest BCUT2D eigenvalue weighted by atomic mass is 9.92. The molecule has 2 N–H and O–H groups in total. The number of aromatic nitrogens is 3. The Kier molecular flexibility index (Phi) is 2.21. The molecule has 1 aliphatic rings. The number of nitrogens with zero attached hydrogens (tertiary/aromatic N) is 4. The van der Waals surface area contributed by atoms with Crippen molar-refractivity contribution in [2.24, 2.45) is 10.7 Å². The molecule has 0 aliphatic carbocycles.